The number of anilines is 1. The number of ether oxygens (including phenoxy) is 2. The second-order valence-corrected chi connectivity index (χ2v) is 9.24. The minimum absolute atomic E-state index is 0.142. The quantitative estimate of drug-likeness (QED) is 0.478. The van der Waals surface area contributed by atoms with Gasteiger partial charge in [-0.15, -0.1) is 0 Å². The number of amides is 2. The van der Waals surface area contributed by atoms with Gasteiger partial charge in [0, 0.05) is 30.6 Å². The molecule has 2 N–H and O–H groups in total. The van der Waals surface area contributed by atoms with E-state index in [1.54, 1.807) is 6.07 Å². The number of rotatable bonds is 8. The van der Waals surface area contributed by atoms with Gasteiger partial charge in [0.1, 0.15) is 25.6 Å². The number of nitrogens with zero attached hydrogens (tertiary/aromatic N) is 2. The first-order chi connectivity index (χ1) is 17.2. The van der Waals surface area contributed by atoms with Crippen LogP contribution in [0.15, 0.2) is 42.5 Å². The monoisotopic (exact) mass is 476 g/mol. The summed E-state index contributed by atoms with van der Waals surface area (Å²) < 4.78 is 13.1. The zero-order valence-corrected chi connectivity index (χ0v) is 19.9. The Labute approximate surface area is 205 Å². The van der Waals surface area contributed by atoms with Gasteiger partial charge < -0.3 is 24.7 Å². The maximum Gasteiger partial charge on any atom is 0.244 e. The second-order valence-electron chi connectivity index (χ2n) is 9.24. The number of aryl methyl sites for hydroxylation is 1. The Morgan fingerprint density at radius 1 is 1.00 bits per heavy atom. The van der Waals surface area contributed by atoms with Crippen LogP contribution in [-0.4, -0.2) is 41.1 Å². The molecule has 1 fully saturated rings. The predicted molar refractivity (Wildman–Crippen MR) is 134 cm³/mol. The van der Waals surface area contributed by atoms with Gasteiger partial charge in [0.15, 0.2) is 11.5 Å². The molecule has 1 aliphatic carbocycles. The molecule has 5 rings (SSSR count). The van der Waals surface area contributed by atoms with Gasteiger partial charge in [0.2, 0.25) is 11.8 Å². The van der Waals surface area contributed by atoms with Crippen LogP contribution in [0.1, 0.15) is 44.3 Å². The van der Waals surface area contributed by atoms with E-state index in [2.05, 4.69) is 10.6 Å². The molecular formula is C27H32N4O4. The molecule has 3 aromatic rings. The molecule has 2 heterocycles. The number of aromatic nitrogens is 2. The Bertz CT molecular complexity index is 1200. The molecule has 8 heteroatoms. The van der Waals surface area contributed by atoms with E-state index in [4.69, 9.17) is 14.5 Å². The summed E-state index contributed by atoms with van der Waals surface area (Å²) in [5.74, 6) is 2.37. The number of carbonyl (C=O) groups is 2. The standard InChI is InChI=1S/C27H32N4O4/c32-26(29-20-12-13-23-24(17-20)35-16-15-34-23)18-31-22-10-5-4-9-21(22)30-25(31)11-6-14-28-27(33)19-7-2-1-3-8-19/h4-5,9-10,12-13,17,19H,1-3,6-8,11,14-16,18H2,(H,28,33)(H,29,32). The van der Waals surface area contributed by atoms with Crippen LogP contribution in [-0.2, 0) is 22.6 Å². The fourth-order valence-electron chi connectivity index (χ4n) is 4.93. The summed E-state index contributed by atoms with van der Waals surface area (Å²) >= 11 is 0. The molecular weight excluding hydrogens is 444 g/mol. The highest BCUT2D eigenvalue weighted by atomic mass is 16.6. The maximum absolute atomic E-state index is 12.9. The van der Waals surface area contributed by atoms with E-state index in [0.717, 1.165) is 49.0 Å². The molecule has 0 atom stereocenters. The largest absolute Gasteiger partial charge is 0.486 e. The van der Waals surface area contributed by atoms with E-state index in [1.807, 2.05) is 41.0 Å². The van der Waals surface area contributed by atoms with Crippen molar-refractivity contribution in [1.82, 2.24) is 14.9 Å². The van der Waals surface area contributed by atoms with Gasteiger partial charge in [-0.25, -0.2) is 4.98 Å². The summed E-state index contributed by atoms with van der Waals surface area (Å²) in [5.41, 5.74) is 2.45. The summed E-state index contributed by atoms with van der Waals surface area (Å²) in [5, 5.41) is 6.06. The van der Waals surface area contributed by atoms with Crippen LogP contribution in [0.25, 0.3) is 11.0 Å². The van der Waals surface area contributed by atoms with Gasteiger partial charge in [-0.3, -0.25) is 9.59 Å². The van der Waals surface area contributed by atoms with Crippen LogP contribution in [0, 0.1) is 5.92 Å². The SMILES string of the molecule is O=C(Cn1c(CCCNC(=O)C2CCCCC2)nc2ccccc21)Nc1ccc2c(c1)OCCO2. The first kappa shape index (κ1) is 23.2. The number of benzene rings is 2. The van der Waals surface area contributed by atoms with Crippen LogP contribution in [0.3, 0.4) is 0 Å². The molecule has 2 aromatic carbocycles. The first-order valence-electron chi connectivity index (χ1n) is 12.6. The van der Waals surface area contributed by atoms with Crippen LogP contribution in [0.5, 0.6) is 11.5 Å². The van der Waals surface area contributed by atoms with Crippen molar-refractivity contribution in [3.63, 3.8) is 0 Å². The Morgan fingerprint density at radius 2 is 1.80 bits per heavy atom. The normalized spacial score (nSPS) is 15.7. The molecule has 2 amide bonds. The maximum atomic E-state index is 12.9. The minimum Gasteiger partial charge on any atom is -0.486 e. The molecule has 0 unspecified atom stereocenters. The molecule has 35 heavy (non-hydrogen) atoms. The molecule has 2 aliphatic rings. The van der Waals surface area contributed by atoms with Crippen molar-refractivity contribution in [1.29, 1.82) is 0 Å². The summed E-state index contributed by atoms with van der Waals surface area (Å²) in [6, 6.07) is 13.2. The molecule has 0 spiro atoms. The number of fused-ring (bicyclic) bond motifs is 2. The molecule has 1 aromatic heterocycles. The van der Waals surface area contributed by atoms with E-state index >= 15 is 0 Å². The smallest absolute Gasteiger partial charge is 0.244 e. The number of hydrogen-bond acceptors (Lipinski definition) is 5. The van der Waals surface area contributed by atoms with Gasteiger partial charge in [-0.2, -0.15) is 0 Å². The van der Waals surface area contributed by atoms with Crippen molar-refractivity contribution in [3.8, 4) is 11.5 Å². The third kappa shape index (κ3) is 5.58. The zero-order chi connectivity index (χ0) is 24.0. The predicted octanol–water partition coefficient (Wildman–Crippen LogP) is 4.08. The van der Waals surface area contributed by atoms with Crippen LogP contribution in [0.2, 0.25) is 0 Å². The lowest BCUT2D eigenvalue weighted by atomic mass is 9.89. The third-order valence-electron chi connectivity index (χ3n) is 6.71. The number of hydrogen-bond donors (Lipinski definition) is 2. The number of carbonyl (C=O) groups excluding carboxylic acids is 2. The Balaban J connectivity index is 1.22. The van der Waals surface area contributed by atoms with Crippen molar-refractivity contribution < 1.29 is 19.1 Å². The lowest BCUT2D eigenvalue weighted by Crippen LogP contribution is -2.32. The molecule has 8 nitrogen and oxygen atoms in total. The van der Waals surface area contributed by atoms with Crippen molar-refractivity contribution in [2.45, 2.75) is 51.5 Å². The molecule has 184 valence electrons. The van der Waals surface area contributed by atoms with Crippen molar-refractivity contribution in [2.75, 3.05) is 25.1 Å². The fraction of sp³-hybridized carbons (Fsp3) is 0.444. The Kier molecular flexibility index (Phi) is 7.16. The lowest BCUT2D eigenvalue weighted by molar-refractivity contribution is -0.125. The molecule has 0 radical (unpaired) electrons. The van der Waals surface area contributed by atoms with Gasteiger partial charge in [-0.05, 0) is 43.5 Å². The average Bonchev–Trinajstić information content (AvgIpc) is 3.24. The lowest BCUT2D eigenvalue weighted by Gasteiger charge is -2.20. The van der Waals surface area contributed by atoms with E-state index in [0.29, 0.717) is 43.4 Å². The fourth-order valence-corrected chi connectivity index (χ4v) is 4.93. The minimum atomic E-state index is -0.142. The third-order valence-corrected chi connectivity index (χ3v) is 6.71. The highest BCUT2D eigenvalue weighted by Gasteiger charge is 2.21. The van der Waals surface area contributed by atoms with Gasteiger partial charge >= 0.3 is 0 Å². The number of para-hydroxylation sites is 2. The van der Waals surface area contributed by atoms with Crippen LogP contribution >= 0.6 is 0 Å². The van der Waals surface area contributed by atoms with Crippen molar-refractivity contribution in [3.05, 3.63) is 48.3 Å². The van der Waals surface area contributed by atoms with Crippen LogP contribution < -0.4 is 20.1 Å². The molecule has 0 saturated heterocycles. The summed E-state index contributed by atoms with van der Waals surface area (Å²) in [4.78, 5) is 30.1. The van der Waals surface area contributed by atoms with E-state index < -0.39 is 0 Å². The number of nitrogens with one attached hydrogen (secondary N) is 2. The van der Waals surface area contributed by atoms with E-state index in [-0.39, 0.29) is 24.3 Å². The Morgan fingerprint density at radius 3 is 2.66 bits per heavy atom. The topological polar surface area (TPSA) is 94.5 Å². The second kappa shape index (κ2) is 10.8. The highest BCUT2D eigenvalue weighted by molar-refractivity contribution is 5.92. The molecule has 1 saturated carbocycles. The molecule has 0 bridgehead atoms. The van der Waals surface area contributed by atoms with Gasteiger partial charge in [0.05, 0.1) is 11.0 Å². The van der Waals surface area contributed by atoms with Crippen LogP contribution in [0.4, 0.5) is 5.69 Å². The summed E-state index contributed by atoms with van der Waals surface area (Å²) in [7, 11) is 0. The van der Waals surface area contributed by atoms with E-state index in [1.165, 1.54) is 6.42 Å². The van der Waals surface area contributed by atoms with Gasteiger partial charge in [0.25, 0.3) is 0 Å². The van der Waals surface area contributed by atoms with Crippen molar-refractivity contribution in [2.24, 2.45) is 5.92 Å². The zero-order valence-electron chi connectivity index (χ0n) is 19.9. The molecule has 1 aliphatic heterocycles. The first-order valence-corrected chi connectivity index (χ1v) is 12.6. The average molecular weight is 477 g/mol. The van der Waals surface area contributed by atoms with Crippen molar-refractivity contribution >= 4 is 28.5 Å². The summed E-state index contributed by atoms with van der Waals surface area (Å²) in [6.45, 7) is 1.79. The van der Waals surface area contributed by atoms with E-state index in [9.17, 15) is 9.59 Å². The van der Waals surface area contributed by atoms with Gasteiger partial charge in [-0.1, -0.05) is 31.4 Å². The Hall–Kier alpha value is -3.55. The number of imidazole rings is 1. The highest BCUT2D eigenvalue weighted by Crippen LogP contribution is 2.32. The summed E-state index contributed by atoms with van der Waals surface area (Å²) in [6.07, 6.45) is 6.98.